The van der Waals surface area contributed by atoms with Crippen molar-refractivity contribution in [2.24, 2.45) is 11.3 Å². The summed E-state index contributed by atoms with van der Waals surface area (Å²) in [6.07, 6.45) is 0. The molecule has 1 heterocycles. The van der Waals surface area contributed by atoms with Gasteiger partial charge in [-0.3, -0.25) is 0 Å². The summed E-state index contributed by atoms with van der Waals surface area (Å²) in [5.74, 6) is 1.26. The molecule has 2 aromatic rings. The minimum Gasteiger partial charge on any atom is -0.399 e. The topological polar surface area (TPSA) is 69.6 Å². The first-order valence-electron chi connectivity index (χ1n) is 6.50. The molecule has 5 heteroatoms. The minimum absolute atomic E-state index is 0.227. The van der Waals surface area contributed by atoms with Crippen LogP contribution in [-0.4, -0.2) is 20.2 Å². The van der Waals surface area contributed by atoms with Crippen molar-refractivity contribution < 1.29 is 0 Å². The summed E-state index contributed by atoms with van der Waals surface area (Å²) in [4.78, 5) is 0. The maximum absolute atomic E-state index is 5.70. The zero-order chi connectivity index (χ0) is 14.0. The van der Waals surface area contributed by atoms with E-state index in [0.29, 0.717) is 5.92 Å². The SMILES string of the molecule is CC(Cn1nnnc1-c1ccc(N)cc1)C(C)(C)C. The Balaban J connectivity index is 2.25. The van der Waals surface area contributed by atoms with Crippen LogP contribution in [0.25, 0.3) is 11.4 Å². The Labute approximate surface area is 113 Å². The van der Waals surface area contributed by atoms with Crippen molar-refractivity contribution >= 4 is 5.69 Å². The molecule has 19 heavy (non-hydrogen) atoms. The lowest BCUT2D eigenvalue weighted by Gasteiger charge is -2.27. The fraction of sp³-hybridized carbons (Fsp3) is 0.500. The minimum atomic E-state index is 0.227. The van der Waals surface area contributed by atoms with E-state index >= 15 is 0 Å². The van der Waals surface area contributed by atoms with Crippen LogP contribution in [0, 0.1) is 11.3 Å². The van der Waals surface area contributed by atoms with E-state index in [-0.39, 0.29) is 5.41 Å². The van der Waals surface area contributed by atoms with E-state index < -0.39 is 0 Å². The van der Waals surface area contributed by atoms with Gasteiger partial charge in [0.2, 0.25) is 0 Å². The first-order valence-corrected chi connectivity index (χ1v) is 6.50. The largest absolute Gasteiger partial charge is 0.399 e. The number of aromatic nitrogens is 4. The number of benzene rings is 1. The van der Waals surface area contributed by atoms with Gasteiger partial charge in [-0.2, -0.15) is 0 Å². The lowest BCUT2D eigenvalue weighted by Crippen LogP contribution is -2.23. The number of nitrogens with zero attached hydrogens (tertiary/aromatic N) is 4. The lowest BCUT2D eigenvalue weighted by molar-refractivity contribution is 0.225. The van der Waals surface area contributed by atoms with Gasteiger partial charge >= 0.3 is 0 Å². The van der Waals surface area contributed by atoms with Gasteiger partial charge in [0, 0.05) is 17.8 Å². The van der Waals surface area contributed by atoms with Crippen LogP contribution >= 0.6 is 0 Å². The number of nitrogens with two attached hydrogens (primary N) is 1. The van der Waals surface area contributed by atoms with E-state index in [4.69, 9.17) is 5.73 Å². The summed E-state index contributed by atoms with van der Waals surface area (Å²) in [6, 6.07) is 7.61. The van der Waals surface area contributed by atoms with Crippen LogP contribution in [0.2, 0.25) is 0 Å². The zero-order valence-corrected chi connectivity index (χ0v) is 12.0. The number of nitrogen functional groups attached to an aromatic ring is 1. The van der Waals surface area contributed by atoms with Crippen LogP contribution in [0.3, 0.4) is 0 Å². The van der Waals surface area contributed by atoms with Gasteiger partial charge in [-0.15, -0.1) is 5.10 Å². The fourth-order valence-electron chi connectivity index (χ4n) is 1.70. The third kappa shape index (κ3) is 3.10. The lowest BCUT2D eigenvalue weighted by atomic mass is 9.82. The number of hydrogen-bond donors (Lipinski definition) is 1. The van der Waals surface area contributed by atoms with Crippen LogP contribution in [0.5, 0.6) is 0 Å². The average Bonchev–Trinajstić information content (AvgIpc) is 2.77. The number of tetrazole rings is 1. The maximum atomic E-state index is 5.70. The van der Waals surface area contributed by atoms with Gasteiger partial charge in [0.1, 0.15) is 0 Å². The molecule has 0 radical (unpaired) electrons. The molecule has 0 aliphatic rings. The third-order valence-corrected chi connectivity index (χ3v) is 3.63. The second-order valence-electron chi connectivity index (χ2n) is 6.07. The van der Waals surface area contributed by atoms with Gasteiger partial charge in [0.25, 0.3) is 0 Å². The highest BCUT2D eigenvalue weighted by Crippen LogP contribution is 2.27. The van der Waals surface area contributed by atoms with E-state index in [0.717, 1.165) is 23.6 Å². The van der Waals surface area contributed by atoms with Crippen molar-refractivity contribution in [1.29, 1.82) is 0 Å². The summed E-state index contributed by atoms with van der Waals surface area (Å²) in [6.45, 7) is 9.70. The molecule has 0 saturated heterocycles. The van der Waals surface area contributed by atoms with Crippen molar-refractivity contribution in [2.45, 2.75) is 34.2 Å². The Morgan fingerprint density at radius 3 is 2.42 bits per heavy atom. The summed E-state index contributed by atoms with van der Waals surface area (Å²) >= 11 is 0. The van der Waals surface area contributed by atoms with Crippen LogP contribution in [0.1, 0.15) is 27.7 Å². The first-order chi connectivity index (χ1) is 8.88. The van der Waals surface area contributed by atoms with Crippen molar-refractivity contribution in [2.75, 3.05) is 5.73 Å². The molecule has 0 aliphatic heterocycles. The van der Waals surface area contributed by atoms with E-state index in [1.54, 1.807) is 0 Å². The van der Waals surface area contributed by atoms with Crippen molar-refractivity contribution in [1.82, 2.24) is 20.2 Å². The normalized spacial score (nSPS) is 13.5. The van der Waals surface area contributed by atoms with Gasteiger partial charge in [0.15, 0.2) is 5.82 Å². The molecule has 0 spiro atoms. The molecule has 102 valence electrons. The molecular formula is C14H21N5. The van der Waals surface area contributed by atoms with Gasteiger partial charge in [-0.1, -0.05) is 27.7 Å². The molecule has 1 unspecified atom stereocenters. The van der Waals surface area contributed by atoms with E-state index in [9.17, 15) is 0 Å². The van der Waals surface area contributed by atoms with Gasteiger partial charge in [-0.25, -0.2) is 4.68 Å². The van der Waals surface area contributed by atoms with Crippen molar-refractivity contribution in [3.63, 3.8) is 0 Å². The van der Waals surface area contributed by atoms with Gasteiger partial charge < -0.3 is 5.73 Å². The second-order valence-corrected chi connectivity index (χ2v) is 6.07. The van der Waals surface area contributed by atoms with Crippen molar-refractivity contribution in [3.8, 4) is 11.4 Å². The Kier molecular flexibility index (Phi) is 3.55. The number of anilines is 1. The van der Waals surface area contributed by atoms with Crippen LogP contribution in [-0.2, 0) is 6.54 Å². The third-order valence-electron chi connectivity index (χ3n) is 3.63. The predicted octanol–water partition coefficient (Wildman–Crippen LogP) is 2.60. The van der Waals surface area contributed by atoms with Crippen LogP contribution in [0.4, 0.5) is 5.69 Å². The molecule has 1 aromatic carbocycles. The number of rotatable bonds is 3. The highest BCUT2D eigenvalue weighted by atomic mass is 15.5. The summed E-state index contributed by atoms with van der Waals surface area (Å²) < 4.78 is 1.86. The van der Waals surface area contributed by atoms with Crippen LogP contribution < -0.4 is 5.73 Å². The molecule has 0 amide bonds. The Morgan fingerprint density at radius 2 is 1.84 bits per heavy atom. The van der Waals surface area contributed by atoms with Gasteiger partial charge in [0.05, 0.1) is 0 Å². The average molecular weight is 259 g/mol. The van der Waals surface area contributed by atoms with Crippen LogP contribution in [0.15, 0.2) is 24.3 Å². The maximum Gasteiger partial charge on any atom is 0.182 e. The van der Waals surface area contributed by atoms with Crippen molar-refractivity contribution in [3.05, 3.63) is 24.3 Å². The van der Waals surface area contributed by atoms with E-state index in [2.05, 4.69) is 43.2 Å². The zero-order valence-electron chi connectivity index (χ0n) is 12.0. The molecule has 0 saturated carbocycles. The first kappa shape index (κ1) is 13.5. The highest BCUT2D eigenvalue weighted by Gasteiger charge is 2.22. The molecule has 0 aliphatic carbocycles. The fourth-order valence-corrected chi connectivity index (χ4v) is 1.70. The standard InChI is InChI=1S/C14H21N5/c1-10(14(2,3)4)9-19-13(16-17-18-19)11-5-7-12(15)8-6-11/h5-8,10H,9,15H2,1-4H3. The molecule has 5 nitrogen and oxygen atoms in total. The summed E-state index contributed by atoms with van der Waals surface area (Å²) in [7, 11) is 0. The smallest absolute Gasteiger partial charge is 0.182 e. The van der Waals surface area contributed by atoms with E-state index in [1.807, 2.05) is 28.9 Å². The molecular weight excluding hydrogens is 238 g/mol. The summed E-state index contributed by atoms with van der Waals surface area (Å²) in [5, 5.41) is 12.0. The molecule has 2 rings (SSSR count). The summed E-state index contributed by atoms with van der Waals surface area (Å²) in [5.41, 5.74) is 7.65. The quantitative estimate of drug-likeness (QED) is 0.860. The second kappa shape index (κ2) is 4.99. The molecule has 2 N–H and O–H groups in total. The molecule has 1 aromatic heterocycles. The monoisotopic (exact) mass is 259 g/mol. The Morgan fingerprint density at radius 1 is 1.21 bits per heavy atom. The highest BCUT2D eigenvalue weighted by molar-refractivity contribution is 5.58. The Bertz CT molecular complexity index is 536. The molecule has 0 fully saturated rings. The number of hydrogen-bond acceptors (Lipinski definition) is 4. The van der Waals surface area contributed by atoms with E-state index in [1.165, 1.54) is 0 Å². The Hall–Kier alpha value is -1.91. The molecule has 1 atom stereocenters. The predicted molar refractivity (Wildman–Crippen MR) is 76.3 cm³/mol. The van der Waals surface area contributed by atoms with Gasteiger partial charge in [-0.05, 0) is 46.0 Å². The molecule has 0 bridgehead atoms.